The number of carbonyl (C=O) groups excluding carboxylic acids is 2. The molecule has 0 saturated carbocycles. The zero-order valence-corrected chi connectivity index (χ0v) is 22.8. The van der Waals surface area contributed by atoms with Crippen molar-refractivity contribution in [3.63, 3.8) is 0 Å². The molecule has 2 aromatic carbocycles. The highest BCUT2D eigenvalue weighted by molar-refractivity contribution is 6.05. The summed E-state index contributed by atoms with van der Waals surface area (Å²) in [6.45, 7) is 13.1. The molecular weight excluding hydrogens is 471 g/mol. The van der Waals surface area contributed by atoms with E-state index >= 15 is 0 Å². The summed E-state index contributed by atoms with van der Waals surface area (Å²) >= 11 is 0. The van der Waals surface area contributed by atoms with Gasteiger partial charge in [-0.15, -0.1) is 0 Å². The Kier molecular flexibility index (Phi) is 7.31. The van der Waals surface area contributed by atoms with Gasteiger partial charge in [0.1, 0.15) is 11.4 Å². The average Bonchev–Trinajstić information content (AvgIpc) is 3.45. The Labute approximate surface area is 218 Å². The summed E-state index contributed by atoms with van der Waals surface area (Å²) in [6, 6.07) is 8.57. The van der Waals surface area contributed by atoms with E-state index in [9.17, 15) is 14.0 Å². The second-order valence-corrected chi connectivity index (χ2v) is 11.1. The monoisotopic (exact) mass is 508 g/mol. The smallest absolute Gasteiger partial charge is 0.410 e. The van der Waals surface area contributed by atoms with Crippen molar-refractivity contribution in [2.45, 2.75) is 65.5 Å². The number of nitrogens with zero attached hydrogens (tertiary/aromatic N) is 4. The van der Waals surface area contributed by atoms with Crippen molar-refractivity contribution in [2.75, 3.05) is 19.6 Å². The Morgan fingerprint density at radius 2 is 1.92 bits per heavy atom. The van der Waals surface area contributed by atoms with E-state index in [4.69, 9.17) is 4.74 Å². The van der Waals surface area contributed by atoms with Crippen LogP contribution in [0, 0.1) is 5.82 Å². The second kappa shape index (κ2) is 10.1. The van der Waals surface area contributed by atoms with Crippen LogP contribution in [0.15, 0.2) is 36.5 Å². The third-order valence-corrected chi connectivity index (χ3v) is 6.93. The van der Waals surface area contributed by atoms with Crippen molar-refractivity contribution in [1.29, 1.82) is 0 Å². The highest BCUT2D eigenvalue weighted by Gasteiger charge is 2.32. The number of rotatable bonds is 5. The summed E-state index contributed by atoms with van der Waals surface area (Å²) in [7, 11) is 1.88. The van der Waals surface area contributed by atoms with Gasteiger partial charge in [0, 0.05) is 44.0 Å². The molecule has 1 aromatic heterocycles. The molecular formula is C29H37FN4O3. The Balaban J connectivity index is 1.78. The first kappa shape index (κ1) is 26.6. The molecule has 0 radical (unpaired) electrons. The van der Waals surface area contributed by atoms with Crippen LogP contribution in [-0.4, -0.2) is 62.9 Å². The molecule has 1 saturated heterocycles. The van der Waals surface area contributed by atoms with Gasteiger partial charge in [0.05, 0.1) is 17.3 Å². The summed E-state index contributed by atoms with van der Waals surface area (Å²) in [5.74, 6) is -0.548. The molecule has 198 valence electrons. The molecule has 0 spiro atoms. The number of benzene rings is 2. The maximum absolute atomic E-state index is 14.4. The van der Waals surface area contributed by atoms with Crippen molar-refractivity contribution in [2.24, 2.45) is 7.05 Å². The van der Waals surface area contributed by atoms with Crippen LogP contribution in [0.1, 0.15) is 69.8 Å². The van der Waals surface area contributed by atoms with E-state index in [1.807, 2.05) is 48.6 Å². The first-order valence-electron chi connectivity index (χ1n) is 12.9. The molecule has 0 N–H and O–H groups in total. The van der Waals surface area contributed by atoms with Crippen LogP contribution in [0.3, 0.4) is 0 Å². The van der Waals surface area contributed by atoms with E-state index in [0.717, 1.165) is 28.5 Å². The molecule has 3 aromatic rings. The second-order valence-electron chi connectivity index (χ2n) is 11.1. The predicted molar refractivity (Wildman–Crippen MR) is 143 cm³/mol. The lowest BCUT2D eigenvalue weighted by atomic mass is 9.90. The molecule has 8 heteroatoms. The van der Waals surface area contributed by atoms with Crippen LogP contribution in [0.4, 0.5) is 9.18 Å². The lowest BCUT2D eigenvalue weighted by Gasteiger charge is -2.26. The molecule has 0 aliphatic carbocycles. The number of aryl methyl sites for hydroxylation is 1. The van der Waals surface area contributed by atoms with Crippen molar-refractivity contribution in [1.82, 2.24) is 19.6 Å². The molecule has 0 unspecified atom stereocenters. The first-order chi connectivity index (χ1) is 17.4. The normalized spacial score (nSPS) is 16.0. The number of carbonyl (C=O) groups is 2. The van der Waals surface area contributed by atoms with Crippen LogP contribution in [-0.2, 0) is 11.8 Å². The Morgan fingerprint density at radius 1 is 1.19 bits per heavy atom. The van der Waals surface area contributed by atoms with E-state index in [0.29, 0.717) is 30.8 Å². The van der Waals surface area contributed by atoms with E-state index in [1.54, 1.807) is 26.7 Å². The van der Waals surface area contributed by atoms with Crippen molar-refractivity contribution in [3.05, 3.63) is 53.5 Å². The topological polar surface area (TPSA) is 67.7 Å². The summed E-state index contributed by atoms with van der Waals surface area (Å²) in [4.78, 5) is 29.7. The molecule has 7 nitrogen and oxygen atoms in total. The average molecular weight is 509 g/mol. The molecule has 4 rings (SSSR count). The highest BCUT2D eigenvalue weighted by atomic mass is 19.1. The van der Waals surface area contributed by atoms with Gasteiger partial charge in [-0.1, -0.05) is 6.07 Å². The van der Waals surface area contributed by atoms with Crippen molar-refractivity contribution in [3.8, 4) is 11.1 Å². The number of hydrogen-bond acceptors (Lipinski definition) is 4. The molecule has 1 atom stereocenters. The van der Waals surface area contributed by atoms with Crippen LogP contribution in [0.25, 0.3) is 22.0 Å². The fourth-order valence-electron chi connectivity index (χ4n) is 5.08. The molecule has 2 amide bonds. The molecule has 1 aliphatic rings. The lowest BCUT2D eigenvalue weighted by molar-refractivity contribution is 0.0292. The quantitative estimate of drug-likeness (QED) is 0.426. The van der Waals surface area contributed by atoms with E-state index in [1.165, 1.54) is 12.1 Å². The van der Waals surface area contributed by atoms with Gasteiger partial charge in [0.25, 0.3) is 5.91 Å². The van der Waals surface area contributed by atoms with Gasteiger partial charge >= 0.3 is 6.09 Å². The fraction of sp³-hybridized carbons (Fsp3) is 0.483. The lowest BCUT2D eigenvalue weighted by Crippen LogP contribution is -2.37. The molecule has 1 fully saturated rings. The Morgan fingerprint density at radius 3 is 2.57 bits per heavy atom. The van der Waals surface area contributed by atoms with Gasteiger partial charge in [0.2, 0.25) is 0 Å². The number of aromatic nitrogens is 2. The number of fused-ring (bicyclic) bond motifs is 1. The van der Waals surface area contributed by atoms with E-state index in [-0.39, 0.29) is 24.0 Å². The minimum atomic E-state index is -0.552. The highest BCUT2D eigenvalue weighted by Crippen LogP contribution is 2.38. The van der Waals surface area contributed by atoms with Gasteiger partial charge in [-0.2, -0.15) is 5.10 Å². The van der Waals surface area contributed by atoms with Crippen molar-refractivity contribution < 1.29 is 18.7 Å². The van der Waals surface area contributed by atoms with Gasteiger partial charge in [-0.3, -0.25) is 9.48 Å². The Bertz CT molecular complexity index is 1320. The minimum absolute atomic E-state index is 0.0179. The molecule has 37 heavy (non-hydrogen) atoms. The number of halogens is 1. The maximum Gasteiger partial charge on any atom is 0.410 e. The minimum Gasteiger partial charge on any atom is -0.444 e. The Hall–Kier alpha value is -3.42. The van der Waals surface area contributed by atoms with Gasteiger partial charge in [-0.25, -0.2) is 9.18 Å². The first-order valence-corrected chi connectivity index (χ1v) is 12.9. The molecule has 2 heterocycles. The maximum atomic E-state index is 14.4. The third-order valence-electron chi connectivity index (χ3n) is 6.93. The molecule has 0 bridgehead atoms. The largest absolute Gasteiger partial charge is 0.444 e. The van der Waals surface area contributed by atoms with Crippen LogP contribution in [0.5, 0.6) is 0 Å². The van der Waals surface area contributed by atoms with Crippen LogP contribution in [0.2, 0.25) is 0 Å². The zero-order chi connectivity index (χ0) is 27.1. The fourth-order valence-corrected chi connectivity index (χ4v) is 5.08. The number of amides is 2. The van der Waals surface area contributed by atoms with Crippen LogP contribution < -0.4 is 0 Å². The summed E-state index contributed by atoms with van der Waals surface area (Å²) in [5, 5.41) is 5.36. The number of likely N-dealkylation sites (tertiary alicyclic amines) is 1. The third kappa shape index (κ3) is 5.48. The van der Waals surface area contributed by atoms with Gasteiger partial charge < -0.3 is 14.5 Å². The summed E-state index contributed by atoms with van der Waals surface area (Å²) < 4.78 is 21.8. The predicted octanol–water partition coefficient (Wildman–Crippen LogP) is 5.97. The number of hydrogen-bond donors (Lipinski definition) is 0. The van der Waals surface area contributed by atoms with Crippen molar-refractivity contribution >= 4 is 22.9 Å². The van der Waals surface area contributed by atoms with E-state index in [2.05, 4.69) is 17.2 Å². The zero-order valence-electron chi connectivity index (χ0n) is 22.8. The van der Waals surface area contributed by atoms with Crippen LogP contribution >= 0.6 is 0 Å². The van der Waals surface area contributed by atoms with E-state index < -0.39 is 11.4 Å². The van der Waals surface area contributed by atoms with Gasteiger partial charge in [-0.05, 0) is 88.9 Å². The van der Waals surface area contributed by atoms with Gasteiger partial charge in [0.15, 0.2) is 0 Å². The molecule has 1 aliphatic heterocycles. The summed E-state index contributed by atoms with van der Waals surface area (Å²) in [5.41, 5.74) is 3.26. The standard InChI is InChI=1S/C29H37FN4O3/c1-8-34(18(2)3)27(35)24-15-21(30)9-10-22(24)23-13-20(14-26-25(23)16-31-32(26)7)19-11-12-33(17-19)28(36)37-29(4,5)6/h9-10,13-16,18-19H,8,11-12,17H2,1-7H3/t19-/m0/s1. The SMILES string of the molecule is CCN(C(=O)c1cc(F)ccc1-c1cc([C@H]2CCN(C(=O)OC(C)(C)C)C2)cc2c1cnn2C)C(C)C. The summed E-state index contributed by atoms with van der Waals surface area (Å²) in [6.07, 6.45) is 2.28. The number of ether oxygens (including phenoxy) is 1.